The lowest BCUT2D eigenvalue weighted by molar-refractivity contribution is -0.121. The Bertz CT molecular complexity index is 790. The van der Waals surface area contributed by atoms with Crippen LogP contribution in [0.4, 0.5) is 5.69 Å². The third-order valence-electron chi connectivity index (χ3n) is 4.45. The van der Waals surface area contributed by atoms with Crippen LogP contribution in [0.15, 0.2) is 35.7 Å². The molecular formula is C18H19Cl2N3O2S. The van der Waals surface area contributed by atoms with Gasteiger partial charge in [-0.3, -0.25) is 14.5 Å². The van der Waals surface area contributed by atoms with Gasteiger partial charge in [0.2, 0.25) is 5.91 Å². The van der Waals surface area contributed by atoms with Crippen LogP contribution in [-0.4, -0.2) is 53.8 Å². The zero-order valence-electron chi connectivity index (χ0n) is 14.2. The van der Waals surface area contributed by atoms with Crippen molar-refractivity contribution in [3.05, 3.63) is 50.6 Å². The van der Waals surface area contributed by atoms with E-state index in [4.69, 9.17) is 23.2 Å². The van der Waals surface area contributed by atoms with E-state index < -0.39 is 0 Å². The summed E-state index contributed by atoms with van der Waals surface area (Å²) < 4.78 is 0. The highest BCUT2D eigenvalue weighted by Gasteiger charge is 2.28. The average Bonchev–Trinajstić information content (AvgIpc) is 3.18. The number of thiophene rings is 1. The van der Waals surface area contributed by atoms with Crippen molar-refractivity contribution >= 4 is 52.0 Å². The molecule has 1 fully saturated rings. The Labute approximate surface area is 166 Å². The quantitative estimate of drug-likeness (QED) is 0.831. The molecule has 1 N–H and O–H groups in total. The van der Waals surface area contributed by atoms with Crippen LogP contribution in [-0.2, 0) is 4.79 Å². The van der Waals surface area contributed by atoms with Crippen LogP contribution >= 0.6 is 34.5 Å². The molecule has 0 spiro atoms. The number of benzene rings is 1. The number of carbonyl (C=O) groups excluding carboxylic acids is 2. The molecule has 2 aromatic rings. The molecule has 0 radical (unpaired) electrons. The summed E-state index contributed by atoms with van der Waals surface area (Å²) in [5, 5.41) is 5.69. The van der Waals surface area contributed by atoms with Gasteiger partial charge in [0.15, 0.2) is 0 Å². The highest BCUT2D eigenvalue weighted by Crippen LogP contribution is 2.26. The van der Waals surface area contributed by atoms with E-state index >= 15 is 0 Å². The molecule has 138 valence electrons. The van der Waals surface area contributed by atoms with Crippen LogP contribution in [0.5, 0.6) is 0 Å². The molecule has 3 rings (SSSR count). The van der Waals surface area contributed by atoms with Gasteiger partial charge >= 0.3 is 0 Å². The van der Waals surface area contributed by atoms with Gasteiger partial charge < -0.3 is 10.2 Å². The van der Waals surface area contributed by atoms with E-state index in [0.29, 0.717) is 41.9 Å². The summed E-state index contributed by atoms with van der Waals surface area (Å²) in [6.07, 6.45) is 0. The smallest absolute Gasteiger partial charge is 0.264 e. The van der Waals surface area contributed by atoms with Crippen LogP contribution in [0.1, 0.15) is 16.6 Å². The van der Waals surface area contributed by atoms with E-state index in [1.165, 1.54) is 11.3 Å². The lowest BCUT2D eigenvalue weighted by atomic mass is 10.2. The summed E-state index contributed by atoms with van der Waals surface area (Å²) in [7, 11) is 0. The first-order valence-corrected chi connectivity index (χ1v) is 9.92. The number of hydrogen-bond acceptors (Lipinski definition) is 4. The minimum atomic E-state index is -0.330. The number of anilines is 1. The molecular weight excluding hydrogens is 393 g/mol. The van der Waals surface area contributed by atoms with Gasteiger partial charge in [0, 0.05) is 31.2 Å². The lowest BCUT2D eigenvalue weighted by Gasteiger charge is -2.37. The van der Waals surface area contributed by atoms with Crippen LogP contribution in [0.2, 0.25) is 10.0 Å². The zero-order valence-corrected chi connectivity index (χ0v) is 16.6. The predicted molar refractivity (Wildman–Crippen MR) is 106 cm³/mol. The second-order valence-corrected chi connectivity index (χ2v) is 7.89. The Morgan fingerprint density at radius 3 is 2.54 bits per heavy atom. The van der Waals surface area contributed by atoms with E-state index in [1.807, 2.05) is 29.3 Å². The van der Waals surface area contributed by atoms with Crippen LogP contribution in [0.3, 0.4) is 0 Å². The summed E-state index contributed by atoms with van der Waals surface area (Å²) in [6, 6.07) is 8.34. The summed E-state index contributed by atoms with van der Waals surface area (Å²) in [5.74, 6) is -0.0883. The van der Waals surface area contributed by atoms with Crippen molar-refractivity contribution in [2.45, 2.75) is 13.0 Å². The molecule has 2 amide bonds. The number of nitrogens with zero attached hydrogens (tertiary/aromatic N) is 2. The van der Waals surface area contributed by atoms with Crippen molar-refractivity contribution in [3.63, 3.8) is 0 Å². The average molecular weight is 412 g/mol. The van der Waals surface area contributed by atoms with E-state index in [0.717, 1.165) is 4.88 Å². The standard InChI is InChI=1S/C18H19Cl2N3O2S/c1-12(17(24)21-15-11-13(19)4-5-14(15)20)22-6-8-23(9-7-22)18(25)16-3-2-10-26-16/h2-5,10-12H,6-9H2,1H3,(H,21,24)/t12-/m0/s1. The second kappa shape index (κ2) is 8.39. The summed E-state index contributed by atoms with van der Waals surface area (Å²) in [5.41, 5.74) is 0.502. The second-order valence-electron chi connectivity index (χ2n) is 6.09. The Kier molecular flexibility index (Phi) is 6.19. The molecule has 1 aliphatic heterocycles. The Morgan fingerprint density at radius 2 is 1.88 bits per heavy atom. The first-order chi connectivity index (χ1) is 12.5. The van der Waals surface area contributed by atoms with Crippen molar-refractivity contribution < 1.29 is 9.59 Å². The fourth-order valence-corrected chi connectivity index (χ4v) is 3.89. The maximum absolute atomic E-state index is 12.5. The van der Waals surface area contributed by atoms with Crippen molar-refractivity contribution in [1.29, 1.82) is 0 Å². The maximum atomic E-state index is 12.5. The van der Waals surface area contributed by atoms with Gasteiger partial charge in [-0.05, 0) is 36.6 Å². The minimum Gasteiger partial charge on any atom is -0.335 e. The van der Waals surface area contributed by atoms with E-state index in [-0.39, 0.29) is 17.9 Å². The summed E-state index contributed by atoms with van der Waals surface area (Å²) >= 11 is 13.5. The molecule has 0 bridgehead atoms. The maximum Gasteiger partial charge on any atom is 0.264 e. The van der Waals surface area contributed by atoms with Gasteiger partial charge in [-0.2, -0.15) is 0 Å². The number of halogens is 2. The lowest BCUT2D eigenvalue weighted by Crippen LogP contribution is -2.53. The molecule has 0 aliphatic carbocycles. The molecule has 0 unspecified atom stereocenters. The molecule has 1 aromatic heterocycles. The molecule has 1 aliphatic rings. The minimum absolute atomic E-state index is 0.0578. The van der Waals surface area contributed by atoms with E-state index in [9.17, 15) is 9.59 Å². The Balaban J connectivity index is 1.56. The van der Waals surface area contributed by atoms with Crippen LogP contribution < -0.4 is 5.32 Å². The van der Waals surface area contributed by atoms with Gasteiger partial charge in [0.25, 0.3) is 5.91 Å². The van der Waals surface area contributed by atoms with E-state index in [2.05, 4.69) is 10.2 Å². The Hall–Kier alpha value is -1.60. The molecule has 8 heteroatoms. The van der Waals surface area contributed by atoms with Crippen LogP contribution in [0, 0.1) is 0 Å². The van der Waals surface area contributed by atoms with Crippen molar-refractivity contribution in [3.8, 4) is 0 Å². The highest BCUT2D eigenvalue weighted by atomic mass is 35.5. The topological polar surface area (TPSA) is 52.7 Å². The molecule has 1 aromatic carbocycles. The van der Waals surface area contributed by atoms with Crippen molar-refractivity contribution in [2.24, 2.45) is 0 Å². The molecule has 1 atom stereocenters. The van der Waals surface area contributed by atoms with E-state index in [1.54, 1.807) is 18.2 Å². The van der Waals surface area contributed by atoms with Gasteiger partial charge in [0.1, 0.15) is 0 Å². The molecule has 5 nitrogen and oxygen atoms in total. The number of carbonyl (C=O) groups is 2. The molecule has 26 heavy (non-hydrogen) atoms. The van der Waals surface area contributed by atoms with Gasteiger partial charge in [-0.25, -0.2) is 0 Å². The third kappa shape index (κ3) is 4.38. The largest absolute Gasteiger partial charge is 0.335 e. The number of nitrogens with one attached hydrogen (secondary N) is 1. The zero-order chi connectivity index (χ0) is 18.7. The Morgan fingerprint density at radius 1 is 1.15 bits per heavy atom. The monoisotopic (exact) mass is 411 g/mol. The predicted octanol–water partition coefficient (Wildman–Crippen LogP) is 3.84. The molecule has 0 saturated carbocycles. The number of rotatable bonds is 4. The number of amides is 2. The SMILES string of the molecule is C[C@@H](C(=O)Nc1cc(Cl)ccc1Cl)N1CCN(C(=O)c2cccs2)CC1. The first kappa shape index (κ1) is 19.2. The van der Waals surface area contributed by atoms with Gasteiger partial charge in [-0.15, -0.1) is 11.3 Å². The molecule has 1 saturated heterocycles. The fourth-order valence-electron chi connectivity index (χ4n) is 2.86. The van der Waals surface area contributed by atoms with Crippen LogP contribution in [0.25, 0.3) is 0 Å². The number of hydrogen-bond donors (Lipinski definition) is 1. The molecule has 2 heterocycles. The summed E-state index contributed by atoms with van der Waals surface area (Å²) in [6.45, 7) is 4.35. The van der Waals surface area contributed by atoms with Gasteiger partial charge in [-0.1, -0.05) is 29.3 Å². The van der Waals surface area contributed by atoms with Crippen molar-refractivity contribution in [1.82, 2.24) is 9.80 Å². The normalized spacial score (nSPS) is 16.3. The number of piperazine rings is 1. The first-order valence-electron chi connectivity index (χ1n) is 8.28. The summed E-state index contributed by atoms with van der Waals surface area (Å²) in [4.78, 5) is 29.6. The van der Waals surface area contributed by atoms with Gasteiger partial charge in [0.05, 0.1) is 21.6 Å². The third-order valence-corrected chi connectivity index (χ3v) is 5.87. The fraction of sp³-hybridized carbons (Fsp3) is 0.333. The van der Waals surface area contributed by atoms with Crippen molar-refractivity contribution in [2.75, 3.05) is 31.5 Å². The highest BCUT2D eigenvalue weighted by molar-refractivity contribution is 7.12.